The molecule has 5 heteroatoms. The van der Waals surface area contributed by atoms with Crippen molar-refractivity contribution in [2.24, 2.45) is 0 Å². The Morgan fingerprint density at radius 2 is 1.94 bits per heavy atom. The highest BCUT2D eigenvalue weighted by Crippen LogP contribution is 2.02. The fourth-order valence-electron chi connectivity index (χ4n) is 2.07. The molecule has 0 radical (unpaired) electrons. The first-order chi connectivity index (χ1) is 8.67. The van der Waals surface area contributed by atoms with Gasteiger partial charge in [-0.05, 0) is 26.9 Å². The lowest BCUT2D eigenvalue weighted by Gasteiger charge is -2.34. The van der Waals surface area contributed by atoms with Crippen LogP contribution in [0.4, 0.5) is 0 Å². The number of ether oxygens (including phenoxy) is 1. The van der Waals surface area contributed by atoms with Crippen molar-refractivity contribution in [3.8, 4) is 0 Å². The van der Waals surface area contributed by atoms with E-state index in [1.165, 1.54) is 0 Å². The summed E-state index contributed by atoms with van der Waals surface area (Å²) in [5.74, 6) is -0.120. The van der Waals surface area contributed by atoms with E-state index in [-0.39, 0.29) is 12.0 Å². The number of nitrogens with zero attached hydrogens (tertiary/aromatic N) is 2. The first-order valence-electron chi connectivity index (χ1n) is 6.98. The SMILES string of the molecule is CCCNC(CN1CCN(C)CC1)C(=O)OCC. The second-order valence-corrected chi connectivity index (χ2v) is 4.86. The Morgan fingerprint density at radius 1 is 1.28 bits per heavy atom. The molecule has 0 aromatic carbocycles. The Morgan fingerprint density at radius 3 is 2.50 bits per heavy atom. The summed E-state index contributed by atoms with van der Waals surface area (Å²) in [6.07, 6.45) is 1.03. The molecule has 18 heavy (non-hydrogen) atoms. The van der Waals surface area contributed by atoms with Crippen LogP contribution in [0.5, 0.6) is 0 Å². The maximum absolute atomic E-state index is 11.9. The summed E-state index contributed by atoms with van der Waals surface area (Å²) in [5.41, 5.74) is 0. The van der Waals surface area contributed by atoms with E-state index >= 15 is 0 Å². The Labute approximate surface area is 110 Å². The summed E-state index contributed by atoms with van der Waals surface area (Å²) < 4.78 is 5.13. The van der Waals surface area contributed by atoms with Gasteiger partial charge in [0.2, 0.25) is 0 Å². The monoisotopic (exact) mass is 257 g/mol. The molecule has 0 amide bonds. The first kappa shape index (κ1) is 15.4. The molecule has 1 saturated heterocycles. The summed E-state index contributed by atoms with van der Waals surface area (Å²) in [6.45, 7) is 10.2. The lowest BCUT2D eigenvalue weighted by atomic mass is 10.2. The van der Waals surface area contributed by atoms with Gasteiger partial charge in [-0.1, -0.05) is 6.92 Å². The molecule has 0 spiro atoms. The van der Waals surface area contributed by atoms with Gasteiger partial charge in [-0.2, -0.15) is 0 Å². The van der Waals surface area contributed by atoms with Crippen molar-refractivity contribution in [1.82, 2.24) is 15.1 Å². The highest BCUT2D eigenvalue weighted by atomic mass is 16.5. The predicted molar refractivity (Wildman–Crippen MR) is 72.7 cm³/mol. The van der Waals surface area contributed by atoms with Crippen LogP contribution in [0.25, 0.3) is 0 Å². The normalized spacial score (nSPS) is 19.7. The zero-order valence-corrected chi connectivity index (χ0v) is 11.9. The van der Waals surface area contributed by atoms with E-state index in [4.69, 9.17) is 4.74 Å². The average molecular weight is 257 g/mol. The molecule has 0 bridgehead atoms. The minimum atomic E-state index is -0.187. The maximum Gasteiger partial charge on any atom is 0.324 e. The summed E-state index contributed by atoms with van der Waals surface area (Å²) in [6, 6.07) is -0.187. The van der Waals surface area contributed by atoms with Gasteiger partial charge in [-0.3, -0.25) is 9.69 Å². The number of carbonyl (C=O) groups excluding carboxylic acids is 1. The van der Waals surface area contributed by atoms with E-state index in [0.29, 0.717) is 6.61 Å². The first-order valence-corrected chi connectivity index (χ1v) is 6.98. The Balaban J connectivity index is 2.41. The summed E-state index contributed by atoms with van der Waals surface area (Å²) in [4.78, 5) is 16.5. The predicted octanol–water partition coefficient (Wildman–Crippen LogP) is 0.165. The molecule has 0 aromatic heterocycles. The lowest BCUT2D eigenvalue weighted by Crippen LogP contribution is -2.52. The Hall–Kier alpha value is -0.650. The molecule has 1 heterocycles. The lowest BCUT2D eigenvalue weighted by molar-refractivity contribution is -0.146. The molecule has 1 N–H and O–H groups in total. The van der Waals surface area contributed by atoms with Crippen LogP contribution in [0.3, 0.4) is 0 Å². The zero-order valence-electron chi connectivity index (χ0n) is 11.9. The van der Waals surface area contributed by atoms with E-state index in [9.17, 15) is 4.79 Å². The molecule has 1 unspecified atom stereocenters. The second kappa shape index (κ2) is 8.45. The Kier molecular flexibility index (Phi) is 7.23. The third-order valence-corrected chi connectivity index (χ3v) is 3.25. The van der Waals surface area contributed by atoms with Crippen LogP contribution in [0.2, 0.25) is 0 Å². The molecule has 1 rings (SSSR count). The van der Waals surface area contributed by atoms with Crippen LogP contribution < -0.4 is 5.32 Å². The van der Waals surface area contributed by atoms with Crippen molar-refractivity contribution in [3.05, 3.63) is 0 Å². The van der Waals surface area contributed by atoms with E-state index in [2.05, 4.69) is 29.1 Å². The zero-order chi connectivity index (χ0) is 13.4. The average Bonchev–Trinajstić information content (AvgIpc) is 2.37. The molecule has 1 aliphatic rings. The molecule has 1 aliphatic heterocycles. The number of hydrogen-bond acceptors (Lipinski definition) is 5. The van der Waals surface area contributed by atoms with Crippen molar-refractivity contribution in [2.75, 3.05) is 52.9 Å². The largest absolute Gasteiger partial charge is 0.465 e. The number of hydrogen-bond donors (Lipinski definition) is 1. The van der Waals surface area contributed by atoms with Crippen LogP contribution in [-0.2, 0) is 9.53 Å². The molecule has 0 aliphatic carbocycles. The fraction of sp³-hybridized carbons (Fsp3) is 0.923. The molecule has 0 aromatic rings. The summed E-state index contributed by atoms with van der Waals surface area (Å²) in [5, 5.41) is 3.28. The summed E-state index contributed by atoms with van der Waals surface area (Å²) in [7, 11) is 2.13. The van der Waals surface area contributed by atoms with Crippen LogP contribution in [0, 0.1) is 0 Å². The van der Waals surface area contributed by atoms with Gasteiger partial charge in [-0.25, -0.2) is 0 Å². The number of nitrogens with one attached hydrogen (secondary N) is 1. The van der Waals surface area contributed by atoms with E-state index in [0.717, 1.165) is 45.7 Å². The third-order valence-electron chi connectivity index (χ3n) is 3.25. The van der Waals surface area contributed by atoms with Gasteiger partial charge in [0, 0.05) is 32.7 Å². The molecular formula is C13H27N3O2. The molecular weight excluding hydrogens is 230 g/mol. The molecule has 5 nitrogen and oxygen atoms in total. The molecule has 1 atom stereocenters. The van der Waals surface area contributed by atoms with Gasteiger partial charge in [0.15, 0.2) is 0 Å². The van der Waals surface area contributed by atoms with Gasteiger partial charge in [0.05, 0.1) is 6.61 Å². The van der Waals surface area contributed by atoms with Crippen molar-refractivity contribution >= 4 is 5.97 Å². The van der Waals surface area contributed by atoms with Crippen molar-refractivity contribution in [2.45, 2.75) is 26.3 Å². The van der Waals surface area contributed by atoms with Gasteiger partial charge >= 0.3 is 5.97 Å². The number of likely N-dealkylation sites (N-methyl/N-ethyl adjacent to an activating group) is 1. The van der Waals surface area contributed by atoms with Gasteiger partial charge in [0.25, 0.3) is 0 Å². The fourth-order valence-corrected chi connectivity index (χ4v) is 2.07. The topological polar surface area (TPSA) is 44.8 Å². The minimum Gasteiger partial charge on any atom is -0.465 e. The van der Waals surface area contributed by atoms with Crippen LogP contribution in [0.15, 0.2) is 0 Å². The second-order valence-electron chi connectivity index (χ2n) is 4.86. The van der Waals surface area contributed by atoms with Crippen molar-refractivity contribution in [1.29, 1.82) is 0 Å². The van der Waals surface area contributed by atoms with Crippen molar-refractivity contribution < 1.29 is 9.53 Å². The summed E-state index contributed by atoms with van der Waals surface area (Å²) >= 11 is 0. The van der Waals surface area contributed by atoms with Crippen LogP contribution >= 0.6 is 0 Å². The number of esters is 1. The van der Waals surface area contributed by atoms with E-state index in [1.807, 2.05) is 6.92 Å². The van der Waals surface area contributed by atoms with Gasteiger partial charge in [-0.15, -0.1) is 0 Å². The van der Waals surface area contributed by atoms with Gasteiger partial charge < -0.3 is 15.0 Å². The van der Waals surface area contributed by atoms with Crippen molar-refractivity contribution in [3.63, 3.8) is 0 Å². The quantitative estimate of drug-likeness (QED) is 0.659. The van der Waals surface area contributed by atoms with Gasteiger partial charge in [0.1, 0.15) is 6.04 Å². The van der Waals surface area contributed by atoms with Crippen LogP contribution in [0.1, 0.15) is 20.3 Å². The van der Waals surface area contributed by atoms with E-state index < -0.39 is 0 Å². The number of piperazine rings is 1. The third kappa shape index (κ3) is 5.33. The number of carbonyl (C=O) groups is 1. The Bertz CT molecular complexity index is 240. The highest BCUT2D eigenvalue weighted by Gasteiger charge is 2.23. The molecule has 106 valence electrons. The minimum absolute atomic E-state index is 0.120. The van der Waals surface area contributed by atoms with Crippen LogP contribution in [-0.4, -0.2) is 74.7 Å². The molecule has 1 fully saturated rings. The maximum atomic E-state index is 11.9. The molecule has 0 saturated carbocycles. The standard InChI is InChI=1S/C13H27N3O2/c1-4-6-14-12(13(17)18-5-2)11-16-9-7-15(3)8-10-16/h12,14H,4-11H2,1-3H3. The van der Waals surface area contributed by atoms with E-state index in [1.54, 1.807) is 0 Å². The number of rotatable bonds is 7. The highest BCUT2D eigenvalue weighted by molar-refractivity contribution is 5.76. The smallest absolute Gasteiger partial charge is 0.324 e.